The Labute approximate surface area is 202 Å². The van der Waals surface area contributed by atoms with Gasteiger partial charge in [-0.3, -0.25) is 5.41 Å². The van der Waals surface area contributed by atoms with E-state index in [4.69, 9.17) is 4.74 Å². The van der Waals surface area contributed by atoms with Gasteiger partial charge >= 0.3 is 0 Å². The minimum atomic E-state index is 0.0476. The Hall–Kier alpha value is -3.11. The molecule has 1 heterocycles. The minimum absolute atomic E-state index is 0.0476. The molecule has 1 saturated carbocycles. The Bertz CT molecular complexity index is 1310. The highest BCUT2D eigenvalue weighted by Gasteiger charge is 2.33. The minimum Gasteiger partial charge on any atom is -0.383 e. The van der Waals surface area contributed by atoms with Gasteiger partial charge in [-0.05, 0) is 62.3 Å². The fourth-order valence-electron chi connectivity index (χ4n) is 5.43. The molecule has 4 nitrogen and oxygen atoms in total. The first-order chi connectivity index (χ1) is 16.6. The smallest absolute Gasteiger partial charge is 0.203 e. The summed E-state index contributed by atoms with van der Waals surface area (Å²) >= 11 is 0. The number of nitrogens with zero attached hydrogens (tertiary/aromatic N) is 2. The first kappa shape index (κ1) is 22.7. The van der Waals surface area contributed by atoms with E-state index in [0.29, 0.717) is 18.1 Å². The van der Waals surface area contributed by atoms with Crippen LogP contribution in [0, 0.1) is 25.2 Å². The maximum absolute atomic E-state index is 9.47. The zero-order valence-corrected chi connectivity index (χ0v) is 20.5. The number of rotatable bonds is 8. The zero-order valence-electron chi connectivity index (χ0n) is 20.5. The molecule has 0 bridgehead atoms. The van der Waals surface area contributed by atoms with Gasteiger partial charge in [0.1, 0.15) is 0 Å². The number of hydrogen-bond donors (Lipinski definition) is 1. The second-order valence-electron chi connectivity index (χ2n) is 9.90. The first-order valence-corrected chi connectivity index (χ1v) is 12.4. The van der Waals surface area contributed by atoms with Crippen molar-refractivity contribution < 1.29 is 4.74 Å². The van der Waals surface area contributed by atoms with Gasteiger partial charge in [0.25, 0.3) is 0 Å². The van der Waals surface area contributed by atoms with Crippen LogP contribution in [0.25, 0.3) is 11.0 Å². The Morgan fingerprint density at radius 1 is 0.853 bits per heavy atom. The van der Waals surface area contributed by atoms with Gasteiger partial charge in [0.05, 0.1) is 29.7 Å². The van der Waals surface area contributed by atoms with E-state index in [2.05, 4.69) is 95.8 Å². The average molecular weight is 454 g/mol. The fraction of sp³-hybridized carbons (Fsp3) is 0.367. The molecule has 0 aliphatic heterocycles. The van der Waals surface area contributed by atoms with Crippen LogP contribution >= 0.6 is 0 Å². The number of para-hydroxylation sites is 2. The van der Waals surface area contributed by atoms with E-state index in [1.807, 2.05) is 0 Å². The lowest BCUT2D eigenvalue weighted by molar-refractivity contribution is 0.153. The number of aryl methyl sites for hydroxylation is 2. The molecule has 0 spiro atoms. The van der Waals surface area contributed by atoms with Crippen LogP contribution in [0.4, 0.5) is 0 Å². The number of fused-ring (bicyclic) bond motifs is 1. The summed E-state index contributed by atoms with van der Waals surface area (Å²) in [6.45, 7) is 4.82. The Kier molecular flexibility index (Phi) is 6.42. The van der Waals surface area contributed by atoms with Crippen molar-refractivity contribution >= 4 is 11.0 Å². The summed E-state index contributed by atoms with van der Waals surface area (Å²) in [5.41, 5.74) is 7.91. The second-order valence-corrected chi connectivity index (χ2v) is 9.90. The van der Waals surface area contributed by atoms with Gasteiger partial charge in [0.15, 0.2) is 0 Å². The van der Waals surface area contributed by atoms with E-state index in [1.54, 1.807) is 7.11 Å². The van der Waals surface area contributed by atoms with Crippen molar-refractivity contribution in [3.8, 4) is 0 Å². The molecule has 4 heteroatoms. The van der Waals surface area contributed by atoms with Crippen LogP contribution < -0.4 is 5.62 Å². The standard InChI is InChI=1S/C30H35N3O/c1-21-11-15-23(16-12-21)19-26(20-34-3)32-27-9-4-5-10-28(27)33(30(32)31)29(24-7-6-8-24)25-17-13-22(2)14-18-25/h4-5,9-18,24,26,29,31H,6-8,19-20H2,1-3H3. The third kappa shape index (κ3) is 4.23. The van der Waals surface area contributed by atoms with Gasteiger partial charge in [0, 0.05) is 7.11 Å². The first-order valence-electron chi connectivity index (χ1n) is 12.4. The monoisotopic (exact) mass is 453 g/mol. The van der Waals surface area contributed by atoms with Crippen molar-refractivity contribution in [2.24, 2.45) is 5.92 Å². The summed E-state index contributed by atoms with van der Waals surface area (Å²) in [6.07, 6.45) is 4.54. The third-order valence-electron chi connectivity index (χ3n) is 7.47. The molecule has 0 saturated heterocycles. The van der Waals surface area contributed by atoms with Crippen molar-refractivity contribution in [3.05, 3.63) is 101 Å². The lowest BCUT2D eigenvalue weighted by atomic mass is 9.77. The highest BCUT2D eigenvalue weighted by Crippen LogP contribution is 2.41. The van der Waals surface area contributed by atoms with Crippen LogP contribution in [0.3, 0.4) is 0 Å². The van der Waals surface area contributed by atoms with Gasteiger partial charge < -0.3 is 13.9 Å². The van der Waals surface area contributed by atoms with Gasteiger partial charge in [-0.2, -0.15) is 0 Å². The summed E-state index contributed by atoms with van der Waals surface area (Å²) in [5.74, 6) is 0.564. The quantitative estimate of drug-likeness (QED) is 0.331. The van der Waals surface area contributed by atoms with Crippen LogP contribution in [-0.2, 0) is 11.2 Å². The lowest BCUT2D eigenvalue weighted by Gasteiger charge is -2.35. The summed E-state index contributed by atoms with van der Waals surface area (Å²) in [5, 5.41) is 9.47. The molecule has 0 radical (unpaired) electrons. The van der Waals surface area contributed by atoms with E-state index in [-0.39, 0.29) is 12.1 Å². The maximum atomic E-state index is 9.47. The largest absolute Gasteiger partial charge is 0.383 e. The average Bonchev–Trinajstić information content (AvgIpc) is 3.09. The summed E-state index contributed by atoms with van der Waals surface area (Å²) < 4.78 is 10.2. The van der Waals surface area contributed by atoms with E-state index in [1.165, 1.54) is 41.5 Å². The Morgan fingerprint density at radius 2 is 1.44 bits per heavy atom. The molecular formula is C30H35N3O. The van der Waals surface area contributed by atoms with Gasteiger partial charge in [-0.25, -0.2) is 0 Å². The van der Waals surface area contributed by atoms with Crippen LogP contribution in [-0.4, -0.2) is 22.9 Å². The van der Waals surface area contributed by atoms with Crippen molar-refractivity contribution in [1.82, 2.24) is 9.13 Å². The number of benzene rings is 3. The van der Waals surface area contributed by atoms with Gasteiger partial charge in [-0.15, -0.1) is 0 Å². The number of methoxy groups -OCH3 is 1. The van der Waals surface area contributed by atoms with Crippen LogP contribution in [0.5, 0.6) is 0 Å². The van der Waals surface area contributed by atoms with Crippen molar-refractivity contribution in [3.63, 3.8) is 0 Å². The Morgan fingerprint density at radius 3 is 2.00 bits per heavy atom. The van der Waals surface area contributed by atoms with E-state index in [0.717, 1.165) is 17.5 Å². The molecular weight excluding hydrogens is 418 g/mol. The predicted octanol–water partition coefficient (Wildman–Crippen LogP) is 6.36. The summed E-state index contributed by atoms with van der Waals surface area (Å²) in [7, 11) is 1.76. The summed E-state index contributed by atoms with van der Waals surface area (Å²) in [6, 6.07) is 26.4. The zero-order chi connectivity index (χ0) is 23.7. The molecule has 1 N–H and O–H groups in total. The van der Waals surface area contributed by atoms with Crippen LogP contribution in [0.1, 0.15) is 53.6 Å². The summed E-state index contributed by atoms with van der Waals surface area (Å²) in [4.78, 5) is 0. The maximum Gasteiger partial charge on any atom is 0.203 e. The van der Waals surface area contributed by atoms with E-state index < -0.39 is 0 Å². The molecule has 1 fully saturated rings. The second kappa shape index (κ2) is 9.63. The molecule has 176 valence electrons. The highest BCUT2D eigenvalue weighted by molar-refractivity contribution is 5.76. The SMILES string of the molecule is COCC(Cc1ccc(C)cc1)n1c(=N)n(C(c2ccc(C)cc2)C2CCC2)c2ccccc21. The number of nitrogens with one attached hydrogen (secondary N) is 1. The number of ether oxygens (including phenoxy) is 1. The van der Waals surface area contributed by atoms with Crippen LogP contribution in [0.15, 0.2) is 72.8 Å². The Balaban J connectivity index is 1.66. The normalized spacial score (nSPS) is 15.9. The van der Waals surface area contributed by atoms with Crippen molar-refractivity contribution in [2.45, 2.75) is 51.6 Å². The molecule has 1 aromatic heterocycles. The third-order valence-corrected chi connectivity index (χ3v) is 7.47. The topological polar surface area (TPSA) is 42.9 Å². The van der Waals surface area contributed by atoms with Crippen molar-refractivity contribution in [1.29, 1.82) is 5.41 Å². The van der Waals surface area contributed by atoms with E-state index >= 15 is 0 Å². The lowest BCUT2D eigenvalue weighted by Crippen LogP contribution is -2.36. The molecule has 34 heavy (non-hydrogen) atoms. The number of aromatic nitrogens is 2. The molecule has 3 aromatic carbocycles. The molecule has 2 unspecified atom stereocenters. The predicted molar refractivity (Wildman–Crippen MR) is 138 cm³/mol. The molecule has 4 aromatic rings. The van der Waals surface area contributed by atoms with Crippen LogP contribution in [0.2, 0.25) is 0 Å². The molecule has 5 rings (SSSR count). The molecule has 1 aliphatic carbocycles. The molecule has 1 aliphatic rings. The fourth-order valence-corrected chi connectivity index (χ4v) is 5.43. The van der Waals surface area contributed by atoms with Gasteiger partial charge in [0.2, 0.25) is 5.62 Å². The van der Waals surface area contributed by atoms with Gasteiger partial charge in [-0.1, -0.05) is 78.2 Å². The number of imidazole rings is 1. The number of hydrogen-bond acceptors (Lipinski definition) is 2. The molecule has 2 atom stereocenters. The van der Waals surface area contributed by atoms with Crippen molar-refractivity contribution in [2.75, 3.05) is 13.7 Å². The highest BCUT2D eigenvalue weighted by atomic mass is 16.5. The molecule has 0 amide bonds. The van der Waals surface area contributed by atoms with E-state index in [9.17, 15) is 5.41 Å².